The fraction of sp³-hybridized carbons (Fsp3) is 0.533. The molecule has 2 amide bonds. The summed E-state index contributed by atoms with van der Waals surface area (Å²) in [5, 5.41) is 14.3. The molecule has 6 heteroatoms. The maximum Gasteiger partial charge on any atom is 0.326 e. The number of amides is 2. The zero-order valence-electron chi connectivity index (χ0n) is 12.9. The van der Waals surface area contributed by atoms with Gasteiger partial charge in [0, 0.05) is 6.20 Å². The summed E-state index contributed by atoms with van der Waals surface area (Å²) < 4.78 is 0. The quantitative estimate of drug-likeness (QED) is 0.773. The Morgan fingerprint density at radius 3 is 2.57 bits per heavy atom. The van der Waals surface area contributed by atoms with Crippen molar-refractivity contribution in [1.82, 2.24) is 15.6 Å². The first-order valence-corrected chi connectivity index (χ1v) is 6.95. The number of carbonyl (C=O) groups excluding carboxylic acids is 1. The van der Waals surface area contributed by atoms with Crippen molar-refractivity contribution in [3.63, 3.8) is 0 Å². The minimum atomic E-state index is -1.05. The van der Waals surface area contributed by atoms with Gasteiger partial charge < -0.3 is 15.7 Å². The van der Waals surface area contributed by atoms with Crippen LogP contribution in [0.25, 0.3) is 0 Å². The second-order valence-corrected chi connectivity index (χ2v) is 5.93. The Kier molecular flexibility index (Phi) is 5.69. The zero-order chi connectivity index (χ0) is 16.0. The molecule has 0 spiro atoms. The minimum Gasteiger partial charge on any atom is -0.480 e. The van der Waals surface area contributed by atoms with E-state index in [2.05, 4.69) is 15.6 Å². The van der Waals surface area contributed by atoms with Gasteiger partial charge >= 0.3 is 12.0 Å². The Hall–Kier alpha value is -2.11. The molecular formula is C15H23N3O3. The molecule has 0 aromatic carbocycles. The molecule has 1 aromatic heterocycles. The van der Waals surface area contributed by atoms with Crippen LogP contribution in [0.5, 0.6) is 0 Å². The Bertz CT molecular complexity index is 509. The average molecular weight is 293 g/mol. The van der Waals surface area contributed by atoms with E-state index in [-0.39, 0.29) is 6.54 Å². The van der Waals surface area contributed by atoms with E-state index in [9.17, 15) is 14.7 Å². The Balaban J connectivity index is 2.63. The van der Waals surface area contributed by atoms with Crippen LogP contribution >= 0.6 is 0 Å². The first-order chi connectivity index (χ1) is 9.75. The molecule has 0 saturated heterocycles. The van der Waals surface area contributed by atoms with Crippen molar-refractivity contribution in [2.75, 3.05) is 0 Å². The van der Waals surface area contributed by atoms with Crippen molar-refractivity contribution in [2.45, 2.75) is 46.7 Å². The van der Waals surface area contributed by atoms with Crippen LogP contribution in [-0.2, 0) is 17.8 Å². The summed E-state index contributed by atoms with van der Waals surface area (Å²) in [7, 11) is 0. The monoisotopic (exact) mass is 293 g/mol. The van der Waals surface area contributed by atoms with Gasteiger partial charge in [-0.05, 0) is 23.5 Å². The third-order valence-corrected chi connectivity index (χ3v) is 3.17. The predicted molar refractivity (Wildman–Crippen MR) is 79.9 cm³/mol. The fourth-order valence-electron chi connectivity index (χ4n) is 1.95. The van der Waals surface area contributed by atoms with E-state index in [1.165, 1.54) is 0 Å². The van der Waals surface area contributed by atoms with Gasteiger partial charge in [0.1, 0.15) is 6.04 Å². The van der Waals surface area contributed by atoms with Gasteiger partial charge in [-0.25, -0.2) is 9.59 Å². The highest BCUT2D eigenvalue weighted by Gasteiger charge is 2.32. The molecule has 0 fully saturated rings. The van der Waals surface area contributed by atoms with Crippen LogP contribution in [0.1, 0.15) is 39.0 Å². The topological polar surface area (TPSA) is 91.3 Å². The third-order valence-electron chi connectivity index (χ3n) is 3.17. The number of hydrogen-bond acceptors (Lipinski definition) is 3. The molecule has 0 bridgehead atoms. The van der Waals surface area contributed by atoms with Crippen LogP contribution < -0.4 is 10.6 Å². The van der Waals surface area contributed by atoms with Crippen molar-refractivity contribution in [2.24, 2.45) is 5.41 Å². The number of hydrogen-bond donors (Lipinski definition) is 3. The number of nitrogens with zero attached hydrogens (tertiary/aromatic N) is 1. The van der Waals surface area contributed by atoms with Crippen molar-refractivity contribution in [1.29, 1.82) is 0 Å². The van der Waals surface area contributed by atoms with E-state index in [1.807, 2.05) is 19.1 Å². The molecule has 1 atom stereocenters. The number of carbonyl (C=O) groups is 2. The highest BCUT2D eigenvalue weighted by molar-refractivity contribution is 5.83. The smallest absolute Gasteiger partial charge is 0.326 e. The summed E-state index contributed by atoms with van der Waals surface area (Å²) in [5.74, 6) is -1.05. The van der Waals surface area contributed by atoms with Gasteiger partial charge in [0.05, 0.1) is 12.2 Å². The van der Waals surface area contributed by atoms with Crippen LogP contribution in [0.4, 0.5) is 4.79 Å². The lowest BCUT2D eigenvalue weighted by molar-refractivity contribution is -0.141. The minimum absolute atomic E-state index is 0.270. The van der Waals surface area contributed by atoms with Crippen molar-refractivity contribution >= 4 is 12.0 Å². The highest BCUT2D eigenvalue weighted by atomic mass is 16.4. The van der Waals surface area contributed by atoms with E-state index in [4.69, 9.17) is 0 Å². The molecule has 21 heavy (non-hydrogen) atoms. The SMILES string of the molecule is CCc1cccnc1CNC(=O)N[C@@H](C(=O)O)C(C)(C)C. The van der Waals surface area contributed by atoms with Crippen LogP contribution in [0, 0.1) is 5.41 Å². The molecular weight excluding hydrogens is 270 g/mol. The summed E-state index contributed by atoms with van der Waals surface area (Å²) in [5.41, 5.74) is 1.28. The van der Waals surface area contributed by atoms with Gasteiger partial charge in [-0.2, -0.15) is 0 Å². The summed E-state index contributed by atoms with van der Waals surface area (Å²) in [4.78, 5) is 27.3. The maximum absolute atomic E-state index is 11.9. The molecule has 0 aliphatic heterocycles. The second-order valence-electron chi connectivity index (χ2n) is 5.93. The average Bonchev–Trinajstić information content (AvgIpc) is 2.41. The molecule has 116 valence electrons. The van der Waals surface area contributed by atoms with Gasteiger partial charge in [-0.1, -0.05) is 33.8 Å². The molecule has 0 aliphatic carbocycles. The molecule has 1 rings (SSSR count). The third kappa shape index (κ3) is 5.06. The molecule has 1 aromatic rings. The lowest BCUT2D eigenvalue weighted by Crippen LogP contribution is -2.52. The van der Waals surface area contributed by atoms with Gasteiger partial charge in [0.25, 0.3) is 0 Å². The molecule has 3 N–H and O–H groups in total. The van der Waals surface area contributed by atoms with Crippen LogP contribution in [0.2, 0.25) is 0 Å². The molecule has 0 saturated carbocycles. The van der Waals surface area contributed by atoms with Gasteiger partial charge in [0.2, 0.25) is 0 Å². The molecule has 0 radical (unpaired) electrons. The number of aryl methyl sites for hydroxylation is 1. The lowest BCUT2D eigenvalue weighted by Gasteiger charge is -2.27. The number of carboxylic acid groups (broad SMARTS) is 1. The zero-order valence-corrected chi connectivity index (χ0v) is 12.9. The van der Waals surface area contributed by atoms with Gasteiger partial charge in [-0.3, -0.25) is 4.98 Å². The molecule has 1 heterocycles. The lowest BCUT2D eigenvalue weighted by atomic mass is 9.87. The Morgan fingerprint density at radius 2 is 2.05 bits per heavy atom. The fourth-order valence-corrected chi connectivity index (χ4v) is 1.95. The van der Waals surface area contributed by atoms with E-state index >= 15 is 0 Å². The van der Waals surface area contributed by atoms with Crippen LogP contribution in [0.15, 0.2) is 18.3 Å². The predicted octanol–water partition coefficient (Wildman–Crippen LogP) is 1.94. The summed E-state index contributed by atoms with van der Waals surface area (Å²) in [6.07, 6.45) is 2.50. The number of rotatable bonds is 5. The van der Waals surface area contributed by atoms with Crippen molar-refractivity contribution in [3.05, 3.63) is 29.6 Å². The van der Waals surface area contributed by atoms with Gasteiger partial charge in [0.15, 0.2) is 0 Å². The molecule has 0 aliphatic rings. The van der Waals surface area contributed by atoms with Crippen LogP contribution in [-0.4, -0.2) is 28.1 Å². The van der Waals surface area contributed by atoms with Crippen molar-refractivity contribution in [3.8, 4) is 0 Å². The number of carboxylic acids is 1. The Labute approximate surface area is 125 Å². The number of nitrogens with one attached hydrogen (secondary N) is 2. The number of urea groups is 1. The maximum atomic E-state index is 11.9. The van der Waals surface area contributed by atoms with E-state index in [0.29, 0.717) is 0 Å². The summed E-state index contributed by atoms with van der Waals surface area (Å²) >= 11 is 0. The van der Waals surface area contributed by atoms with E-state index < -0.39 is 23.5 Å². The van der Waals surface area contributed by atoms with E-state index in [0.717, 1.165) is 17.7 Å². The van der Waals surface area contributed by atoms with Gasteiger partial charge in [-0.15, -0.1) is 0 Å². The first kappa shape index (κ1) is 16.9. The largest absolute Gasteiger partial charge is 0.480 e. The number of aliphatic carboxylic acids is 1. The second kappa shape index (κ2) is 7.06. The van der Waals surface area contributed by atoms with Crippen LogP contribution in [0.3, 0.4) is 0 Å². The highest BCUT2D eigenvalue weighted by Crippen LogP contribution is 2.19. The summed E-state index contributed by atoms with van der Waals surface area (Å²) in [6.45, 7) is 7.58. The van der Waals surface area contributed by atoms with E-state index in [1.54, 1.807) is 27.0 Å². The molecule has 6 nitrogen and oxygen atoms in total. The normalized spacial score (nSPS) is 12.6. The van der Waals surface area contributed by atoms with Crippen molar-refractivity contribution < 1.29 is 14.7 Å². The Morgan fingerprint density at radius 1 is 1.38 bits per heavy atom. The standard InChI is InChI=1S/C15H23N3O3/c1-5-10-7-6-8-16-11(10)9-17-14(21)18-12(13(19)20)15(2,3)4/h6-8,12H,5,9H2,1-4H3,(H,19,20)(H2,17,18,21)/t12-/m0/s1. The number of pyridine rings is 1. The number of aromatic nitrogens is 1. The first-order valence-electron chi connectivity index (χ1n) is 6.95. The summed E-state index contributed by atoms with van der Waals surface area (Å²) in [6, 6.07) is 2.34. The molecule has 0 unspecified atom stereocenters.